The van der Waals surface area contributed by atoms with Crippen LogP contribution < -0.4 is 5.73 Å². The maximum absolute atomic E-state index is 12.5. The Morgan fingerprint density at radius 3 is 2.50 bits per heavy atom. The van der Waals surface area contributed by atoms with Crippen molar-refractivity contribution in [1.82, 2.24) is 9.97 Å². The molecule has 0 saturated heterocycles. The van der Waals surface area contributed by atoms with Crippen molar-refractivity contribution < 1.29 is 18.0 Å². The third kappa shape index (κ3) is 2.11. The van der Waals surface area contributed by atoms with Gasteiger partial charge in [0.2, 0.25) is 5.95 Å². The molecule has 1 heterocycles. The standard InChI is InChI=1S/C11H8F3N3O/c1-5(18)9-7-3-2-6(11(12,13)14)4-8(7)16-10(15)17-9/h2-4H,1H3,(H2,15,16,17). The molecular weight excluding hydrogens is 247 g/mol. The van der Waals surface area contributed by atoms with Crippen molar-refractivity contribution >= 4 is 22.6 Å². The summed E-state index contributed by atoms with van der Waals surface area (Å²) >= 11 is 0. The predicted octanol–water partition coefficient (Wildman–Crippen LogP) is 2.43. The van der Waals surface area contributed by atoms with E-state index in [2.05, 4.69) is 9.97 Å². The van der Waals surface area contributed by atoms with Crippen LogP contribution in [0.15, 0.2) is 18.2 Å². The van der Waals surface area contributed by atoms with Crippen LogP contribution in [0.1, 0.15) is 23.0 Å². The number of nitrogen functional groups attached to an aromatic ring is 1. The molecule has 1 aromatic carbocycles. The van der Waals surface area contributed by atoms with E-state index in [1.165, 1.54) is 13.0 Å². The number of anilines is 1. The first-order valence-electron chi connectivity index (χ1n) is 4.94. The monoisotopic (exact) mass is 255 g/mol. The van der Waals surface area contributed by atoms with Crippen LogP contribution >= 0.6 is 0 Å². The second kappa shape index (κ2) is 3.94. The molecule has 0 unspecified atom stereocenters. The molecule has 0 saturated carbocycles. The first-order valence-corrected chi connectivity index (χ1v) is 4.94. The number of carbonyl (C=O) groups is 1. The maximum Gasteiger partial charge on any atom is 0.416 e. The zero-order valence-corrected chi connectivity index (χ0v) is 9.25. The Morgan fingerprint density at radius 2 is 1.94 bits per heavy atom. The van der Waals surface area contributed by atoms with Crippen LogP contribution in [-0.2, 0) is 6.18 Å². The lowest BCUT2D eigenvalue weighted by atomic mass is 10.1. The van der Waals surface area contributed by atoms with Crippen LogP contribution in [-0.4, -0.2) is 15.8 Å². The van der Waals surface area contributed by atoms with Crippen LogP contribution in [0.2, 0.25) is 0 Å². The highest BCUT2D eigenvalue weighted by Crippen LogP contribution is 2.31. The Labute approximate surface area is 99.6 Å². The molecule has 4 nitrogen and oxygen atoms in total. The Morgan fingerprint density at radius 1 is 1.28 bits per heavy atom. The van der Waals surface area contributed by atoms with Crippen molar-refractivity contribution in [3.63, 3.8) is 0 Å². The minimum absolute atomic E-state index is 0.00234. The van der Waals surface area contributed by atoms with Gasteiger partial charge in [0.1, 0.15) is 5.69 Å². The van der Waals surface area contributed by atoms with Crippen molar-refractivity contribution in [3.8, 4) is 0 Å². The molecular formula is C11H8F3N3O. The number of alkyl halides is 3. The van der Waals surface area contributed by atoms with Crippen molar-refractivity contribution in [2.75, 3.05) is 5.73 Å². The number of halogens is 3. The highest BCUT2D eigenvalue weighted by Gasteiger charge is 2.31. The molecule has 0 radical (unpaired) electrons. The fraction of sp³-hybridized carbons (Fsp3) is 0.182. The largest absolute Gasteiger partial charge is 0.416 e. The number of nitrogens with two attached hydrogens (primary N) is 1. The maximum atomic E-state index is 12.5. The van der Waals surface area contributed by atoms with Crippen LogP contribution in [0.3, 0.4) is 0 Å². The van der Waals surface area contributed by atoms with Crippen molar-refractivity contribution in [3.05, 3.63) is 29.5 Å². The summed E-state index contributed by atoms with van der Waals surface area (Å²) in [6.45, 7) is 1.26. The molecule has 2 N–H and O–H groups in total. The van der Waals surface area contributed by atoms with Gasteiger partial charge in [-0.25, -0.2) is 9.97 Å². The summed E-state index contributed by atoms with van der Waals surface area (Å²) in [7, 11) is 0. The molecule has 0 amide bonds. The van der Waals surface area contributed by atoms with E-state index in [0.717, 1.165) is 12.1 Å². The van der Waals surface area contributed by atoms with Gasteiger partial charge in [-0.3, -0.25) is 4.79 Å². The van der Waals surface area contributed by atoms with Crippen LogP contribution in [0.4, 0.5) is 19.1 Å². The number of benzene rings is 1. The normalized spacial score (nSPS) is 11.8. The van der Waals surface area contributed by atoms with E-state index in [-0.39, 0.29) is 28.3 Å². The van der Waals surface area contributed by atoms with Gasteiger partial charge in [0.15, 0.2) is 5.78 Å². The lowest BCUT2D eigenvalue weighted by Crippen LogP contribution is -2.08. The Bertz CT molecular complexity index is 637. The number of fused-ring (bicyclic) bond motifs is 1. The van der Waals surface area contributed by atoms with E-state index in [1.807, 2.05) is 0 Å². The summed E-state index contributed by atoms with van der Waals surface area (Å²) in [6.07, 6.45) is -4.47. The van der Waals surface area contributed by atoms with Crippen molar-refractivity contribution in [2.45, 2.75) is 13.1 Å². The number of hydrogen-bond acceptors (Lipinski definition) is 4. The lowest BCUT2D eigenvalue weighted by Gasteiger charge is -2.09. The zero-order valence-electron chi connectivity index (χ0n) is 9.25. The van der Waals surface area contributed by atoms with E-state index in [9.17, 15) is 18.0 Å². The van der Waals surface area contributed by atoms with Crippen molar-refractivity contribution in [1.29, 1.82) is 0 Å². The first kappa shape index (κ1) is 12.3. The molecule has 0 aliphatic heterocycles. The van der Waals surface area contributed by atoms with Gasteiger partial charge in [-0.05, 0) is 18.2 Å². The number of ketones is 1. The SMILES string of the molecule is CC(=O)c1nc(N)nc2cc(C(F)(F)F)ccc12. The van der Waals surface area contributed by atoms with E-state index in [1.54, 1.807) is 0 Å². The summed E-state index contributed by atoms with van der Waals surface area (Å²) in [5, 5.41) is 0.254. The first-order chi connectivity index (χ1) is 8.29. The Hall–Kier alpha value is -2.18. The molecule has 0 bridgehead atoms. The third-order valence-corrected chi connectivity index (χ3v) is 2.38. The van der Waals surface area contributed by atoms with Gasteiger partial charge >= 0.3 is 6.18 Å². The van der Waals surface area contributed by atoms with E-state index < -0.39 is 11.7 Å². The molecule has 18 heavy (non-hydrogen) atoms. The molecule has 2 aromatic rings. The number of rotatable bonds is 1. The fourth-order valence-corrected chi connectivity index (χ4v) is 1.59. The molecule has 0 aliphatic rings. The van der Waals surface area contributed by atoms with Gasteiger partial charge in [0, 0.05) is 12.3 Å². The average molecular weight is 255 g/mol. The van der Waals surface area contributed by atoms with E-state index >= 15 is 0 Å². The van der Waals surface area contributed by atoms with Crippen LogP contribution in [0.5, 0.6) is 0 Å². The number of hydrogen-bond donors (Lipinski definition) is 1. The van der Waals surface area contributed by atoms with Gasteiger partial charge in [0.05, 0.1) is 11.1 Å². The topological polar surface area (TPSA) is 68.9 Å². The second-order valence-corrected chi connectivity index (χ2v) is 3.72. The lowest BCUT2D eigenvalue weighted by molar-refractivity contribution is -0.137. The Kier molecular flexibility index (Phi) is 2.68. The van der Waals surface area contributed by atoms with Gasteiger partial charge in [0.25, 0.3) is 0 Å². The minimum Gasteiger partial charge on any atom is -0.368 e. The molecule has 1 aromatic heterocycles. The smallest absolute Gasteiger partial charge is 0.368 e. The van der Waals surface area contributed by atoms with Gasteiger partial charge in [-0.15, -0.1) is 0 Å². The number of carbonyl (C=O) groups excluding carboxylic acids is 1. The van der Waals surface area contributed by atoms with Gasteiger partial charge in [-0.1, -0.05) is 0 Å². The van der Waals surface area contributed by atoms with E-state index in [4.69, 9.17) is 5.73 Å². The molecule has 2 rings (SSSR count). The number of nitrogens with zero attached hydrogens (tertiary/aromatic N) is 2. The molecule has 94 valence electrons. The van der Waals surface area contributed by atoms with Gasteiger partial charge < -0.3 is 5.73 Å². The quantitative estimate of drug-likeness (QED) is 0.794. The average Bonchev–Trinajstić information content (AvgIpc) is 2.25. The summed E-state index contributed by atoms with van der Waals surface area (Å²) in [6, 6.07) is 2.91. The fourth-order valence-electron chi connectivity index (χ4n) is 1.59. The van der Waals surface area contributed by atoms with Gasteiger partial charge in [-0.2, -0.15) is 13.2 Å². The molecule has 0 fully saturated rings. The minimum atomic E-state index is -4.47. The Balaban J connectivity index is 2.76. The highest BCUT2D eigenvalue weighted by molar-refractivity contribution is 6.04. The summed E-state index contributed by atoms with van der Waals surface area (Å²) in [4.78, 5) is 18.8. The second-order valence-electron chi connectivity index (χ2n) is 3.72. The summed E-state index contributed by atoms with van der Waals surface area (Å²) < 4.78 is 37.6. The predicted molar refractivity (Wildman–Crippen MR) is 59.0 cm³/mol. The highest BCUT2D eigenvalue weighted by atomic mass is 19.4. The van der Waals surface area contributed by atoms with Crippen molar-refractivity contribution in [2.24, 2.45) is 0 Å². The summed E-state index contributed by atoms with van der Waals surface area (Å²) in [5.41, 5.74) is 4.54. The van der Waals surface area contributed by atoms with E-state index in [0.29, 0.717) is 0 Å². The number of aromatic nitrogens is 2. The third-order valence-electron chi connectivity index (χ3n) is 2.38. The van der Waals surface area contributed by atoms with Crippen LogP contribution in [0, 0.1) is 0 Å². The summed E-state index contributed by atoms with van der Waals surface area (Å²) in [5.74, 6) is -0.610. The zero-order chi connectivity index (χ0) is 13.5. The van der Waals surface area contributed by atoms with Crippen LogP contribution in [0.25, 0.3) is 10.9 Å². The number of Topliss-reactive ketones (excluding diaryl/α,β-unsaturated/α-hetero) is 1. The molecule has 7 heteroatoms. The molecule has 0 spiro atoms. The molecule has 0 atom stereocenters. The molecule has 0 aliphatic carbocycles.